The van der Waals surface area contributed by atoms with E-state index in [0.29, 0.717) is 30.2 Å². The van der Waals surface area contributed by atoms with E-state index in [0.717, 1.165) is 10.2 Å². The monoisotopic (exact) mass is 407 g/mol. The molecule has 1 N–H and O–H groups in total. The molecule has 0 atom stereocenters. The standard InChI is InChI=1S/C19H22BrNO4/c1-13(2)25-18-9-4-14(12-17(18)20)19(22)21-15-5-7-16(8-6-15)24-11-10-23-3/h4-9,12-13H,10-11H2,1-3H3,(H,21,22). The summed E-state index contributed by atoms with van der Waals surface area (Å²) in [6.45, 7) is 4.93. The Morgan fingerprint density at radius 3 is 2.44 bits per heavy atom. The van der Waals surface area contributed by atoms with Crippen LogP contribution in [0.15, 0.2) is 46.9 Å². The molecule has 0 aliphatic heterocycles. The number of hydrogen-bond donors (Lipinski definition) is 1. The van der Waals surface area contributed by atoms with Crippen LogP contribution in [-0.2, 0) is 4.74 Å². The lowest BCUT2D eigenvalue weighted by Gasteiger charge is -2.12. The molecule has 0 aliphatic carbocycles. The maximum absolute atomic E-state index is 12.4. The van der Waals surface area contributed by atoms with Crippen LogP contribution in [-0.4, -0.2) is 32.3 Å². The molecule has 134 valence electrons. The predicted molar refractivity (Wildman–Crippen MR) is 102 cm³/mol. The van der Waals surface area contributed by atoms with Crippen molar-refractivity contribution in [3.63, 3.8) is 0 Å². The quantitative estimate of drug-likeness (QED) is 0.653. The molecule has 0 aromatic heterocycles. The fourth-order valence-corrected chi connectivity index (χ4v) is 2.54. The van der Waals surface area contributed by atoms with Gasteiger partial charge in [-0.1, -0.05) is 0 Å². The lowest BCUT2D eigenvalue weighted by Crippen LogP contribution is -2.12. The largest absolute Gasteiger partial charge is 0.491 e. The van der Waals surface area contributed by atoms with E-state index in [-0.39, 0.29) is 12.0 Å². The van der Waals surface area contributed by atoms with Crippen LogP contribution in [0.1, 0.15) is 24.2 Å². The average Bonchev–Trinajstić information content (AvgIpc) is 2.58. The molecule has 1 amide bonds. The van der Waals surface area contributed by atoms with E-state index in [1.54, 1.807) is 49.6 Å². The summed E-state index contributed by atoms with van der Waals surface area (Å²) in [7, 11) is 1.63. The lowest BCUT2D eigenvalue weighted by atomic mass is 10.2. The van der Waals surface area contributed by atoms with Gasteiger partial charge in [0.2, 0.25) is 0 Å². The summed E-state index contributed by atoms with van der Waals surface area (Å²) in [4.78, 5) is 12.4. The van der Waals surface area contributed by atoms with Crippen molar-refractivity contribution in [3.8, 4) is 11.5 Å². The molecule has 0 aliphatic rings. The van der Waals surface area contributed by atoms with Gasteiger partial charge in [-0.25, -0.2) is 0 Å². The van der Waals surface area contributed by atoms with E-state index in [1.807, 2.05) is 13.8 Å². The highest BCUT2D eigenvalue weighted by Gasteiger charge is 2.10. The van der Waals surface area contributed by atoms with Gasteiger partial charge in [-0.3, -0.25) is 4.79 Å². The van der Waals surface area contributed by atoms with Gasteiger partial charge < -0.3 is 19.5 Å². The van der Waals surface area contributed by atoms with Crippen LogP contribution >= 0.6 is 15.9 Å². The molecule has 2 rings (SSSR count). The second kappa shape index (κ2) is 9.44. The number of nitrogens with one attached hydrogen (secondary N) is 1. The van der Waals surface area contributed by atoms with Crippen molar-refractivity contribution in [3.05, 3.63) is 52.5 Å². The zero-order valence-corrected chi connectivity index (χ0v) is 16.1. The topological polar surface area (TPSA) is 56.8 Å². The van der Waals surface area contributed by atoms with Crippen molar-refractivity contribution >= 4 is 27.5 Å². The molecule has 0 fully saturated rings. The maximum Gasteiger partial charge on any atom is 0.255 e. The van der Waals surface area contributed by atoms with E-state index >= 15 is 0 Å². The van der Waals surface area contributed by atoms with Gasteiger partial charge in [-0.2, -0.15) is 0 Å². The summed E-state index contributed by atoms with van der Waals surface area (Å²) in [5.41, 5.74) is 1.24. The number of rotatable bonds is 8. The van der Waals surface area contributed by atoms with Gasteiger partial charge in [0.25, 0.3) is 5.91 Å². The van der Waals surface area contributed by atoms with Gasteiger partial charge in [0, 0.05) is 18.4 Å². The van der Waals surface area contributed by atoms with Crippen molar-refractivity contribution in [1.29, 1.82) is 0 Å². The molecule has 0 bridgehead atoms. The lowest BCUT2D eigenvalue weighted by molar-refractivity contribution is 0.102. The first-order chi connectivity index (χ1) is 12.0. The summed E-state index contributed by atoms with van der Waals surface area (Å²) in [5.74, 6) is 1.25. The van der Waals surface area contributed by atoms with Crippen LogP contribution < -0.4 is 14.8 Å². The van der Waals surface area contributed by atoms with Crippen molar-refractivity contribution in [2.75, 3.05) is 25.6 Å². The third-order valence-corrected chi connectivity index (χ3v) is 3.84. The molecule has 2 aromatic rings. The first-order valence-electron chi connectivity index (χ1n) is 7.99. The van der Waals surface area contributed by atoms with Crippen LogP contribution in [0.2, 0.25) is 0 Å². The summed E-state index contributed by atoms with van der Waals surface area (Å²) >= 11 is 3.44. The molecule has 0 heterocycles. The number of carbonyl (C=O) groups is 1. The number of ether oxygens (including phenoxy) is 3. The third kappa shape index (κ3) is 6.07. The Bertz CT molecular complexity index is 701. The Kier molecular flexibility index (Phi) is 7.28. The molecular weight excluding hydrogens is 386 g/mol. The molecule has 6 heteroatoms. The predicted octanol–water partition coefficient (Wildman–Crippen LogP) is 4.51. The molecule has 2 aromatic carbocycles. The molecule has 0 radical (unpaired) electrons. The Hall–Kier alpha value is -2.05. The number of methoxy groups -OCH3 is 1. The molecule has 5 nitrogen and oxygen atoms in total. The minimum absolute atomic E-state index is 0.0700. The van der Waals surface area contributed by atoms with Crippen LogP contribution in [0, 0.1) is 0 Å². The molecule has 0 spiro atoms. The van der Waals surface area contributed by atoms with Crippen molar-refractivity contribution in [1.82, 2.24) is 0 Å². The number of benzene rings is 2. The van der Waals surface area contributed by atoms with Gasteiger partial charge in [-0.05, 0) is 72.2 Å². The smallest absolute Gasteiger partial charge is 0.255 e. The van der Waals surface area contributed by atoms with Gasteiger partial charge in [-0.15, -0.1) is 0 Å². The van der Waals surface area contributed by atoms with E-state index in [2.05, 4.69) is 21.2 Å². The third-order valence-electron chi connectivity index (χ3n) is 3.23. The summed E-state index contributed by atoms with van der Waals surface area (Å²) in [6, 6.07) is 12.5. The van der Waals surface area contributed by atoms with Gasteiger partial charge >= 0.3 is 0 Å². The molecule has 0 unspecified atom stereocenters. The fourth-order valence-electron chi connectivity index (χ4n) is 2.07. The van der Waals surface area contributed by atoms with E-state index in [9.17, 15) is 4.79 Å². The summed E-state index contributed by atoms with van der Waals surface area (Å²) < 4.78 is 16.8. The second-order valence-electron chi connectivity index (χ2n) is 5.63. The van der Waals surface area contributed by atoms with Crippen molar-refractivity contribution in [2.24, 2.45) is 0 Å². The number of anilines is 1. The van der Waals surface area contributed by atoms with E-state index < -0.39 is 0 Å². The zero-order valence-electron chi connectivity index (χ0n) is 14.5. The SMILES string of the molecule is COCCOc1ccc(NC(=O)c2ccc(OC(C)C)c(Br)c2)cc1. The molecule has 0 saturated heterocycles. The first kappa shape index (κ1) is 19.3. The minimum Gasteiger partial charge on any atom is -0.491 e. The second-order valence-corrected chi connectivity index (χ2v) is 6.49. The van der Waals surface area contributed by atoms with Crippen LogP contribution in [0.25, 0.3) is 0 Å². The van der Waals surface area contributed by atoms with Crippen molar-refractivity contribution < 1.29 is 19.0 Å². The van der Waals surface area contributed by atoms with Gasteiger partial charge in [0.1, 0.15) is 18.1 Å². The summed E-state index contributed by atoms with van der Waals surface area (Å²) in [5, 5.41) is 2.86. The number of halogens is 1. The van der Waals surface area contributed by atoms with Crippen LogP contribution in [0.5, 0.6) is 11.5 Å². The highest BCUT2D eigenvalue weighted by molar-refractivity contribution is 9.10. The summed E-state index contributed by atoms with van der Waals surface area (Å²) in [6.07, 6.45) is 0.0700. The van der Waals surface area contributed by atoms with Crippen LogP contribution in [0.3, 0.4) is 0 Å². The Morgan fingerprint density at radius 1 is 1.12 bits per heavy atom. The average molecular weight is 408 g/mol. The van der Waals surface area contributed by atoms with Gasteiger partial charge in [0.15, 0.2) is 0 Å². The van der Waals surface area contributed by atoms with Crippen LogP contribution in [0.4, 0.5) is 5.69 Å². The maximum atomic E-state index is 12.4. The first-order valence-corrected chi connectivity index (χ1v) is 8.78. The van der Waals surface area contributed by atoms with E-state index in [1.165, 1.54) is 0 Å². The highest BCUT2D eigenvalue weighted by atomic mass is 79.9. The Balaban J connectivity index is 1.98. The molecular formula is C19H22BrNO4. The highest BCUT2D eigenvalue weighted by Crippen LogP contribution is 2.27. The van der Waals surface area contributed by atoms with E-state index in [4.69, 9.17) is 14.2 Å². The molecule has 0 saturated carbocycles. The number of carbonyl (C=O) groups excluding carboxylic acids is 1. The zero-order chi connectivity index (χ0) is 18.2. The number of hydrogen-bond acceptors (Lipinski definition) is 4. The molecule has 25 heavy (non-hydrogen) atoms. The Morgan fingerprint density at radius 2 is 1.84 bits per heavy atom. The fraction of sp³-hybridized carbons (Fsp3) is 0.316. The minimum atomic E-state index is -0.190. The van der Waals surface area contributed by atoms with Gasteiger partial charge in [0.05, 0.1) is 17.2 Å². The normalized spacial score (nSPS) is 10.6. The van der Waals surface area contributed by atoms with Crippen molar-refractivity contribution in [2.45, 2.75) is 20.0 Å². The Labute approximate surface area is 156 Å². The number of amides is 1.